The van der Waals surface area contributed by atoms with Gasteiger partial charge in [-0.25, -0.2) is 15.0 Å². The molecule has 3 aromatic heterocycles. The zero-order chi connectivity index (χ0) is 34.8. The molecule has 0 saturated carbocycles. The highest BCUT2D eigenvalue weighted by atomic mass is 31.1. The van der Waals surface area contributed by atoms with Crippen LogP contribution in [0.2, 0.25) is 0 Å². The minimum Gasteiger partial charge on any atom is -0.495 e. The first-order valence-corrected chi connectivity index (χ1v) is 15.3. The molecule has 1 atom stereocenters. The molecule has 0 aliphatic rings. The summed E-state index contributed by atoms with van der Waals surface area (Å²) in [7, 11) is -0.0473. The number of halogens is 3. The maximum absolute atomic E-state index is 13.9. The van der Waals surface area contributed by atoms with E-state index >= 15 is 0 Å². The average Bonchev–Trinajstić information content (AvgIpc) is 3.48. The maximum Gasteiger partial charge on any atom is 0.695 e. The number of carbonyl (C=O) groups is 1. The number of ether oxygens (including phenoxy) is 1. The van der Waals surface area contributed by atoms with Gasteiger partial charge in [0, 0.05) is 43.9 Å². The molecule has 0 spiro atoms. The largest absolute Gasteiger partial charge is 0.695 e. The fourth-order valence-electron chi connectivity index (χ4n) is 4.52. The SMILES string of the molecule is CNC(=O)c1nc(-c2cnn(CCCO)c2C#N)ccc1NCCc1nc(Nc2ccc(CO[P+](=O)O)cc2OC)ncc1C(F)(F)F. The number of nitriles is 1. The maximum atomic E-state index is 13.9. The summed E-state index contributed by atoms with van der Waals surface area (Å²) in [5, 5.41) is 31.3. The number of hydrogen-bond donors (Lipinski definition) is 5. The second-order valence-corrected chi connectivity index (χ2v) is 10.6. The number of rotatable bonds is 15. The molecule has 48 heavy (non-hydrogen) atoms. The summed E-state index contributed by atoms with van der Waals surface area (Å²) in [5.41, 5.74) is 0.444. The van der Waals surface area contributed by atoms with Crippen molar-refractivity contribution >= 4 is 31.5 Å². The number of aliphatic hydroxyl groups is 1. The van der Waals surface area contributed by atoms with Gasteiger partial charge in [-0.05, 0) is 36.2 Å². The number of anilines is 3. The van der Waals surface area contributed by atoms with E-state index in [0.29, 0.717) is 36.0 Å². The lowest BCUT2D eigenvalue weighted by molar-refractivity contribution is -0.138. The first kappa shape index (κ1) is 35.6. The van der Waals surface area contributed by atoms with Crippen molar-refractivity contribution in [1.82, 2.24) is 30.0 Å². The number of benzene rings is 1. The van der Waals surface area contributed by atoms with Crippen LogP contribution in [-0.4, -0.2) is 67.9 Å². The third kappa shape index (κ3) is 8.77. The predicted octanol–water partition coefficient (Wildman–Crippen LogP) is 3.94. The molecule has 5 N–H and O–H groups in total. The molecular formula is C29H30F3N9O6P+. The monoisotopic (exact) mass is 688 g/mol. The Labute approximate surface area is 272 Å². The van der Waals surface area contributed by atoms with E-state index in [1.54, 1.807) is 12.1 Å². The molecule has 252 valence electrons. The van der Waals surface area contributed by atoms with Gasteiger partial charge in [0.25, 0.3) is 5.91 Å². The predicted molar refractivity (Wildman–Crippen MR) is 165 cm³/mol. The Kier molecular flexibility index (Phi) is 11.9. The Morgan fingerprint density at radius 1 is 1.17 bits per heavy atom. The van der Waals surface area contributed by atoms with Crippen molar-refractivity contribution in [1.29, 1.82) is 5.26 Å². The number of pyridine rings is 1. The van der Waals surface area contributed by atoms with E-state index in [2.05, 4.69) is 42.1 Å². The first-order valence-electron chi connectivity index (χ1n) is 14.2. The highest BCUT2D eigenvalue weighted by molar-refractivity contribution is 7.32. The van der Waals surface area contributed by atoms with Crippen molar-refractivity contribution in [3.05, 3.63) is 70.9 Å². The number of methoxy groups -OCH3 is 1. The fourth-order valence-corrected chi connectivity index (χ4v) is 4.78. The van der Waals surface area contributed by atoms with Gasteiger partial charge < -0.3 is 25.8 Å². The molecule has 15 nitrogen and oxygen atoms in total. The summed E-state index contributed by atoms with van der Waals surface area (Å²) in [4.78, 5) is 34.0. The van der Waals surface area contributed by atoms with E-state index in [-0.39, 0.29) is 66.3 Å². The highest BCUT2D eigenvalue weighted by Crippen LogP contribution is 2.34. The normalized spacial score (nSPS) is 11.5. The third-order valence-corrected chi connectivity index (χ3v) is 7.14. The van der Waals surface area contributed by atoms with Crippen molar-refractivity contribution < 1.29 is 41.8 Å². The van der Waals surface area contributed by atoms with E-state index in [9.17, 15) is 27.8 Å². The Hall–Kier alpha value is -5.21. The van der Waals surface area contributed by atoms with Gasteiger partial charge in [-0.3, -0.25) is 9.48 Å². The molecule has 19 heteroatoms. The summed E-state index contributed by atoms with van der Waals surface area (Å²) in [6.45, 7) is -0.0494. The summed E-state index contributed by atoms with van der Waals surface area (Å²) >= 11 is 0. The molecule has 0 saturated heterocycles. The first-order chi connectivity index (χ1) is 23.0. The number of aromatic nitrogens is 5. The molecule has 4 aromatic rings. The van der Waals surface area contributed by atoms with Crippen LogP contribution in [0, 0.1) is 11.3 Å². The molecule has 0 aliphatic carbocycles. The number of carbonyl (C=O) groups excluding carboxylic acids is 1. The molecule has 4 rings (SSSR count). The second kappa shape index (κ2) is 16.1. The Bertz CT molecular complexity index is 1830. The van der Waals surface area contributed by atoms with E-state index in [1.807, 2.05) is 0 Å². The lowest BCUT2D eigenvalue weighted by Gasteiger charge is -2.16. The van der Waals surface area contributed by atoms with Gasteiger partial charge in [0.15, 0.2) is 5.69 Å². The number of alkyl halides is 3. The van der Waals surface area contributed by atoms with Crippen LogP contribution < -0.4 is 20.7 Å². The quantitative estimate of drug-likeness (QED) is 0.112. The van der Waals surface area contributed by atoms with Crippen molar-refractivity contribution in [2.75, 3.05) is 37.9 Å². The molecule has 0 radical (unpaired) electrons. The number of hydrogen-bond acceptors (Lipinski definition) is 12. The molecule has 0 aliphatic heterocycles. The molecule has 1 amide bonds. The molecular weight excluding hydrogens is 658 g/mol. The van der Waals surface area contributed by atoms with E-state index in [1.165, 1.54) is 43.2 Å². The molecule has 1 aromatic carbocycles. The van der Waals surface area contributed by atoms with Crippen LogP contribution in [-0.2, 0) is 34.8 Å². The van der Waals surface area contributed by atoms with Gasteiger partial charge >= 0.3 is 14.4 Å². The van der Waals surface area contributed by atoms with Crippen LogP contribution in [0.5, 0.6) is 5.75 Å². The lowest BCUT2D eigenvalue weighted by Crippen LogP contribution is -2.22. The van der Waals surface area contributed by atoms with Gasteiger partial charge in [-0.2, -0.15) is 23.5 Å². The second-order valence-electron chi connectivity index (χ2n) is 9.89. The summed E-state index contributed by atoms with van der Waals surface area (Å²) in [6.07, 6.45) is -2.51. The van der Waals surface area contributed by atoms with Crippen LogP contribution in [0.15, 0.2) is 42.7 Å². The summed E-state index contributed by atoms with van der Waals surface area (Å²) < 4.78 is 64.0. The van der Waals surface area contributed by atoms with Crippen LogP contribution in [0.3, 0.4) is 0 Å². The highest BCUT2D eigenvalue weighted by Gasteiger charge is 2.35. The number of aryl methyl sites for hydroxylation is 1. The van der Waals surface area contributed by atoms with Crippen LogP contribution in [0.25, 0.3) is 11.3 Å². The zero-order valence-corrected chi connectivity index (χ0v) is 26.5. The Balaban J connectivity index is 1.56. The zero-order valence-electron chi connectivity index (χ0n) is 25.6. The van der Waals surface area contributed by atoms with Crippen LogP contribution in [0.4, 0.5) is 30.5 Å². The summed E-state index contributed by atoms with van der Waals surface area (Å²) in [6, 6.07) is 9.74. The van der Waals surface area contributed by atoms with Crippen molar-refractivity contribution in [2.45, 2.75) is 32.2 Å². The fraction of sp³-hybridized carbons (Fsp3) is 0.310. The van der Waals surface area contributed by atoms with Gasteiger partial charge in [-0.1, -0.05) is 6.07 Å². The third-order valence-electron chi connectivity index (χ3n) is 6.79. The smallest absolute Gasteiger partial charge is 0.495 e. The average molecular weight is 689 g/mol. The van der Waals surface area contributed by atoms with Crippen molar-refractivity contribution in [3.63, 3.8) is 0 Å². The van der Waals surface area contributed by atoms with Crippen LogP contribution in [0.1, 0.15) is 39.4 Å². The topological polar surface area (TPSA) is 209 Å². The molecule has 0 fully saturated rings. The number of aliphatic hydroxyl groups excluding tert-OH is 1. The summed E-state index contributed by atoms with van der Waals surface area (Å²) in [5.74, 6) is -0.469. The minimum atomic E-state index is -4.75. The lowest BCUT2D eigenvalue weighted by atomic mass is 10.1. The van der Waals surface area contributed by atoms with Gasteiger partial charge in [0.1, 0.15) is 24.1 Å². The number of nitrogens with one attached hydrogen (secondary N) is 3. The molecule has 1 unspecified atom stereocenters. The van der Waals surface area contributed by atoms with E-state index in [0.717, 1.165) is 0 Å². The molecule has 0 bridgehead atoms. The minimum absolute atomic E-state index is 0.0603. The van der Waals surface area contributed by atoms with E-state index < -0.39 is 25.9 Å². The van der Waals surface area contributed by atoms with E-state index in [4.69, 9.17) is 19.3 Å². The van der Waals surface area contributed by atoms with Crippen molar-refractivity contribution in [2.24, 2.45) is 0 Å². The van der Waals surface area contributed by atoms with Crippen LogP contribution >= 0.6 is 8.25 Å². The Morgan fingerprint density at radius 2 is 1.94 bits per heavy atom. The van der Waals surface area contributed by atoms with Gasteiger partial charge in [0.05, 0.1) is 47.2 Å². The van der Waals surface area contributed by atoms with Gasteiger partial charge in [-0.15, -0.1) is 9.42 Å². The Morgan fingerprint density at radius 3 is 2.60 bits per heavy atom. The standard InChI is InChI=1S/C29H29F3N9O6P/c1-34-27(43)26-23(7-6-20(38-26)18-14-37-41(10-3-11-42)24(18)13-33)35-9-8-21-19(29(30,31)32)15-36-28(39-21)40-22-5-4-17(12-25(22)46-2)16-47-48(44)45/h4-7,12,14-15,42H,3,8-11,16H2,1-2H3,(H3-,34,35,36,39,40,43,44,45)/p+1. The number of nitrogens with zero attached hydrogens (tertiary/aromatic N) is 6. The number of amides is 1. The molecule has 3 heterocycles. The van der Waals surface area contributed by atoms with Gasteiger partial charge in [0.2, 0.25) is 5.95 Å². The van der Waals surface area contributed by atoms with Crippen molar-refractivity contribution in [3.8, 4) is 23.1 Å².